The SMILES string of the molecule is COc1ccc(C)cc1Nc1cc(C(=O)Nc2cccc3cccnc23)nc(C)n1. The Morgan fingerprint density at radius 1 is 0.967 bits per heavy atom. The molecule has 150 valence electrons. The molecule has 0 radical (unpaired) electrons. The Morgan fingerprint density at radius 2 is 1.80 bits per heavy atom. The molecule has 4 aromatic rings. The van der Waals surface area contributed by atoms with Gasteiger partial charge in [0.2, 0.25) is 0 Å². The number of nitrogens with one attached hydrogen (secondary N) is 2. The van der Waals surface area contributed by atoms with Crippen LogP contribution in [0.1, 0.15) is 21.9 Å². The number of pyridine rings is 1. The Hall–Kier alpha value is -4.00. The lowest BCUT2D eigenvalue weighted by Crippen LogP contribution is -2.16. The minimum absolute atomic E-state index is 0.254. The van der Waals surface area contributed by atoms with E-state index in [1.54, 1.807) is 26.3 Å². The Kier molecular flexibility index (Phi) is 5.26. The number of carbonyl (C=O) groups is 1. The van der Waals surface area contributed by atoms with E-state index >= 15 is 0 Å². The van der Waals surface area contributed by atoms with E-state index in [0.717, 1.165) is 22.2 Å². The van der Waals surface area contributed by atoms with Gasteiger partial charge in [-0.3, -0.25) is 9.78 Å². The molecule has 0 atom stereocenters. The molecule has 0 bridgehead atoms. The van der Waals surface area contributed by atoms with Gasteiger partial charge in [-0.1, -0.05) is 24.3 Å². The van der Waals surface area contributed by atoms with Crippen molar-refractivity contribution in [2.75, 3.05) is 17.7 Å². The fraction of sp³-hybridized carbons (Fsp3) is 0.130. The highest BCUT2D eigenvalue weighted by atomic mass is 16.5. The van der Waals surface area contributed by atoms with Crippen LogP contribution in [0, 0.1) is 13.8 Å². The average molecular weight is 399 g/mol. The van der Waals surface area contributed by atoms with Crippen LogP contribution in [-0.2, 0) is 0 Å². The van der Waals surface area contributed by atoms with Gasteiger partial charge in [0.05, 0.1) is 24.0 Å². The maximum atomic E-state index is 12.9. The zero-order chi connectivity index (χ0) is 21.1. The molecule has 4 rings (SSSR count). The van der Waals surface area contributed by atoms with Crippen LogP contribution in [0.2, 0.25) is 0 Å². The van der Waals surface area contributed by atoms with Crippen LogP contribution in [0.25, 0.3) is 10.9 Å². The maximum Gasteiger partial charge on any atom is 0.274 e. The summed E-state index contributed by atoms with van der Waals surface area (Å²) >= 11 is 0. The number of hydrogen-bond acceptors (Lipinski definition) is 6. The van der Waals surface area contributed by atoms with E-state index in [0.29, 0.717) is 23.1 Å². The van der Waals surface area contributed by atoms with Gasteiger partial charge in [-0.05, 0) is 43.7 Å². The summed E-state index contributed by atoms with van der Waals surface area (Å²) in [5.74, 6) is 1.34. The number of ether oxygens (including phenoxy) is 1. The summed E-state index contributed by atoms with van der Waals surface area (Å²) in [5, 5.41) is 7.08. The van der Waals surface area contributed by atoms with Crippen molar-refractivity contribution >= 4 is 34.0 Å². The number of methoxy groups -OCH3 is 1. The highest BCUT2D eigenvalue weighted by Gasteiger charge is 2.14. The summed E-state index contributed by atoms with van der Waals surface area (Å²) in [7, 11) is 1.61. The van der Waals surface area contributed by atoms with Crippen molar-refractivity contribution in [2.45, 2.75) is 13.8 Å². The first-order valence-corrected chi connectivity index (χ1v) is 9.46. The maximum absolute atomic E-state index is 12.9. The molecule has 0 spiro atoms. The van der Waals surface area contributed by atoms with E-state index in [-0.39, 0.29) is 11.6 Å². The van der Waals surface area contributed by atoms with Crippen molar-refractivity contribution in [1.29, 1.82) is 0 Å². The smallest absolute Gasteiger partial charge is 0.274 e. The van der Waals surface area contributed by atoms with Gasteiger partial charge in [0, 0.05) is 17.6 Å². The molecule has 2 aromatic heterocycles. The Balaban J connectivity index is 1.63. The summed E-state index contributed by atoms with van der Waals surface area (Å²) < 4.78 is 5.41. The molecule has 2 heterocycles. The molecule has 0 saturated heterocycles. The van der Waals surface area contributed by atoms with E-state index in [1.807, 2.05) is 55.5 Å². The molecule has 0 unspecified atom stereocenters. The fourth-order valence-electron chi connectivity index (χ4n) is 3.20. The lowest BCUT2D eigenvalue weighted by atomic mass is 10.2. The number of nitrogens with zero attached hydrogens (tertiary/aromatic N) is 3. The zero-order valence-corrected chi connectivity index (χ0v) is 16.9. The van der Waals surface area contributed by atoms with Crippen LogP contribution in [0.4, 0.5) is 17.2 Å². The largest absolute Gasteiger partial charge is 0.495 e. The first-order valence-electron chi connectivity index (χ1n) is 9.46. The van der Waals surface area contributed by atoms with Crippen molar-refractivity contribution < 1.29 is 9.53 Å². The second kappa shape index (κ2) is 8.16. The number of benzene rings is 2. The van der Waals surface area contributed by atoms with Gasteiger partial charge in [0.15, 0.2) is 0 Å². The third-order valence-electron chi connectivity index (χ3n) is 4.57. The number of amides is 1. The molecule has 2 N–H and O–H groups in total. The second-order valence-corrected chi connectivity index (χ2v) is 6.85. The van der Waals surface area contributed by atoms with Crippen molar-refractivity contribution in [3.05, 3.63) is 77.9 Å². The van der Waals surface area contributed by atoms with Crippen molar-refractivity contribution in [1.82, 2.24) is 15.0 Å². The summed E-state index contributed by atoms with van der Waals surface area (Å²) in [4.78, 5) is 26.0. The number of anilines is 3. The minimum Gasteiger partial charge on any atom is -0.495 e. The summed E-state index contributed by atoms with van der Waals surface area (Å²) in [6.07, 6.45) is 1.70. The number of para-hydroxylation sites is 1. The molecule has 0 saturated carbocycles. The van der Waals surface area contributed by atoms with Crippen LogP contribution >= 0.6 is 0 Å². The molecule has 2 aromatic carbocycles. The van der Waals surface area contributed by atoms with E-state index in [4.69, 9.17) is 4.74 Å². The second-order valence-electron chi connectivity index (χ2n) is 6.85. The molecule has 0 aliphatic heterocycles. The summed E-state index contributed by atoms with van der Waals surface area (Å²) in [6.45, 7) is 3.74. The Morgan fingerprint density at radius 3 is 2.63 bits per heavy atom. The fourth-order valence-corrected chi connectivity index (χ4v) is 3.20. The van der Waals surface area contributed by atoms with Crippen LogP contribution in [0.3, 0.4) is 0 Å². The number of fused-ring (bicyclic) bond motifs is 1. The monoisotopic (exact) mass is 399 g/mol. The number of aryl methyl sites for hydroxylation is 2. The van der Waals surface area contributed by atoms with E-state index in [1.165, 1.54) is 0 Å². The Bertz CT molecular complexity index is 1230. The quantitative estimate of drug-likeness (QED) is 0.508. The standard InChI is InChI=1S/C23H21N5O2/c1-14-9-10-20(30-3)18(12-14)27-21-13-19(25-15(2)26-21)23(29)28-17-8-4-6-16-7-5-11-24-22(16)17/h4-13H,1-3H3,(H,28,29)(H,25,26,27). The number of rotatable bonds is 5. The molecule has 0 aliphatic rings. The van der Waals surface area contributed by atoms with Crippen LogP contribution in [0.15, 0.2) is 60.8 Å². The van der Waals surface area contributed by atoms with E-state index < -0.39 is 0 Å². The molecule has 30 heavy (non-hydrogen) atoms. The third-order valence-corrected chi connectivity index (χ3v) is 4.57. The van der Waals surface area contributed by atoms with Crippen LogP contribution in [-0.4, -0.2) is 28.0 Å². The molecular formula is C23H21N5O2. The van der Waals surface area contributed by atoms with Crippen molar-refractivity contribution in [2.24, 2.45) is 0 Å². The van der Waals surface area contributed by atoms with Gasteiger partial charge >= 0.3 is 0 Å². The highest BCUT2D eigenvalue weighted by Crippen LogP contribution is 2.28. The summed E-state index contributed by atoms with van der Waals surface area (Å²) in [5.41, 5.74) is 3.45. The predicted octanol–water partition coefficient (Wildman–Crippen LogP) is 4.65. The molecule has 0 aliphatic carbocycles. The summed E-state index contributed by atoms with van der Waals surface area (Å²) in [6, 6.07) is 16.9. The highest BCUT2D eigenvalue weighted by molar-refractivity contribution is 6.07. The third kappa shape index (κ3) is 4.05. The lowest BCUT2D eigenvalue weighted by molar-refractivity contribution is 0.102. The molecule has 0 fully saturated rings. The number of carbonyl (C=O) groups excluding carboxylic acids is 1. The minimum atomic E-state index is -0.335. The zero-order valence-electron chi connectivity index (χ0n) is 16.9. The van der Waals surface area contributed by atoms with Crippen molar-refractivity contribution in [3.8, 4) is 5.75 Å². The van der Waals surface area contributed by atoms with Crippen LogP contribution < -0.4 is 15.4 Å². The van der Waals surface area contributed by atoms with Gasteiger partial charge in [-0.2, -0.15) is 0 Å². The number of aromatic nitrogens is 3. The predicted molar refractivity (Wildman–Crippen MR) is 117 cm³/mol. The molecule has 7 heteroatoms. The first kappa shape index (κ1) is 19.3. The van der Waals surface area contributed by atoms with Crippen LogP contribution in [0.5, 0.6) is 5.75 Å². The van der Waals surface area contributed by atoms with Gasteiger partial charge in [-0.15, -0.1) is 0 Å². The first-order chi connectivity index (χ1) is 14.5. The Labute approximate surface area is 174 Å². The average Bonchev–Trinajstić information content (AvgIpc) is 2.74. The van der Waals surface area contributed by atoms with Gasteiger partial charge in [0.25, 0.3) is 5.91 Å². The van der Waals surface area contributed by atoms with Gasteiger partial charge in [0.1, 0.15) is 23.1 Å². The van der Waals surface area contributed by atoms with Crippen molar-refractivity contribution in [3.63, 3.8) is 0 Å². The molecule has 7 nitrogen and oxygen atoms in total. The van der Waals surface area contributed by atoms with E-state index in [9.17, 15) is 4.79 Å². The lowest BCUT2D eigenvalue weighted by Gasteiger charge is -2.13. The normalized spacial score (nSPS) is 10.6. The van der Waals surface area contributed by atoms with Gasteiger partial charge in [-0.25, -0.2) is 9.97 Å². The molecule has 1 amide bonds. The topological polar surface area (TPSA) is 89.0 Å². The van der Waals surface area contributed by atoms with E-state index in [2.05, 4.69) is 25.6 Å². The van der Waals surface area contributed by atoms with Gasteiger partial charge < -0.3 is 15.4 Å². The number of hydrogen-bond donors (Lipinski definition) is 2. The molecular weight excluding hydrogens is 378 g/mol.